The first kappa shape index (κ1) is 23.9. The summed E-state index contributed by atoms with van der Waals surface area (Å²) >= 11 is 5.87. The molecule has 3 N–H and O–H groups in total. The highest BCUT2D eigenvalue weighted by Gasteiger charge is 2.08. The monoisotopic (exact) mass is 494 g/mol. The molecule has 1 amide bonds. The van der Waals surface area contributed by atoms with Gasteiger partial charge in [0, 0.05) is 17.1 Å². The van der Waals surface area contributed by atoms with Crippen LogP contribution in [0.15, 0.2) is 73.1 Å². The zero-order valence-corrected chi connectivity index (χ0v) is 19.0. The van der Waals surface area contributed by atoms with Crippen LogP contribution in [-0.4, -0.2) is 34.3 Å². The summed E-state index contributed by atoms with van der Waals surface area (Å²) in [5.74, 6) is 0.686. The molecule has 0 fully saturated rings. The van der Waals surface area contributed by atoms with E-state index in [1.807, 2.05) is 12.1 Å². The van der Waals surface area contributed by atoms with Gasteiger partial charge in [0.25, 0.3) is 5.91 Å². The van der Waals surface area contributed by atoms with Gasteiger partial charge in [0.2, 0.25) is 0 Å². The minimum Gasteiger partial charge on any atom is -0.490 e. The lowest BCUT2D eigenvalue weighted by Crippen LogP contribution is -2.14. The molecule has 35 heavy (non-hydrogen) atoms. The Kier molecular flexibility index (Phi) is 7.71. The van der Waals surface area contributed by atoms with Gasteiger partial charge in [-0.1, -0.05) is 23.7 Å². The van der Waals surface area contributed by atoms with Gasteiger partial charge in [-0.2, -0.15) is 0 Å². The Labute approximate surface area is 205 Å². The van der Waals surface area contributed by atoms with Gasteiger partial charge in [-0.05, 0) is 60.2 Å². The van der Waals surface area contributed by atoms with Crippen molar-refractivity contribution in [2.75, 3.05) is 18.5 Å². The van der Waals surface area contributed by atoms with Gasteiger partial charge in [0.15, 0.2) is 0 Å². The minimum absolute atomic E-state index is 0.0117. The zero-order valence-electron chi connectivity index (χ0n) is 18.2. The summed E-state index contributed by atoms with van der Waals surface area (Å²) in [5.41, 5.74) is 3.62. The number of benzene rings is 3. The highest BCUT2D eigenvalue weighted by atomic mass is 35.5. The maximum Gasteiger partial charge on any atom is 0.267 e. The van der Waals surface area contributed by atoms with Crippen LogP contribution in [0, 0.1) is 5.82 Å². The maximum absolute atomic E-state index is 13.5. The summed E-state index contributed by atoms with van der Waals surface area (Å²) in [6.45, 7) is 0.610. The van der Waals surface area contributed by atoms with Gasteiger partial charge in [-0.3, -0.25) is 10.0 Å². The summed E-state index contributed by atoms with van der Waals surface area (Å²) in [6, 6.07) is 16.9. The fraction of sp³-hybridized carbons (Fsp3) is 0.0800. The van der Waals surface area contributed by atoms with E-state index in [9.17, 15) is 9.18 Å². The number of carbonyl (C=O) groups is 1. The Bertz CT molecular complexity index is 1370. The Balaban J connectivity index is 1.35. The van der Waals surface area contributed by atoms with Crippen molar-refractivity contribution >= 4 is 46.0 Å². The Morgan fingerprint density at radius 3 is 2.49 bits per heavy atom. The van der Waals surface area contributed by atoms with E-state index < -0.39 is 11.7 Å². The van der Waals surface area contributed by atoms with Crippen LogP contribution < -0.4 is 20.3 Å². The highest BCUT2D eigenvalue weighted by molar-refractivity contribution is 6.31. The summed E-state index contributed by atoms with van der Waals surface area (Å²) < 4.78 is 25.0. The maximum atomic E-state index is 13.5. The summed E-state index contributed by atoms with van der Waals surface area (Å²) in [7, 11) is 0. The summed E-state index contributed by atoms with van der Waals surface area (Å²) in [4.78, 5) is 19.6. The van der Waals surface area contributed by atoms with Gasteiger partial charge < -0.3 is 14.8 Å². The summed E-state index contributed by atoms with van der Waals surface area (Å²) in [6.07, 6.45) is 4.22. The quantitative estimate of drug-likeness (QED) is 0.128. The molecule has 8 nitrogen and oxygen atoms in total. The van der Waals surface area contributed by atoms with Crippen LogP contribution in [0.5, 0.6) is 11.5 Å². The largest absolute Gasteiger partial charge is 0.490 e. The molecule has 178 valence electrons. The van der Waals surface area contributed by atoms with Crippen LogP contribution in [0.25, 0.3) is 17.0 Å². The average molecular weight is 495 g/mol. The number of hydrogen-bond acceptors (Lipinski definition) is 7. The predicted octanol–water partition coefficient (Wildman–Crippen LogP) is 5.14. The third-order valence-corrected chi connectivity index (χ3v) is 5.12. The third kappa shape index (κ3) is 6.44. The molecule has 0 saturated heterocycles. The molecule has 0 atom stereocenters. The van der Waals surface area contributed by atoms with Crippen LogP contribution in [0.2, 0.25) is 5.02 Å². The Hall–Kier alpha value is -4.21. The lowest BCUT2D eigenvalue weighted by Gasteiger charge is -2.11. The number of anilines is 2. The number of rotatable bonds is 9. The number of ether oxygens (including phenoxy) is 2. The van der Waals surface area contributed by atoms with Crippen LogP contribution >= 0.6 is 11.6 Å². The number of hydrogen-bond donors (Lipinski definition) is 3. The van der Waals surface area contributed by atoms with Crippen molar-refractivity contribution in [3.63, 3.8) is 0 Å². The molecule has 0 aliphatic rings. The van der Waals surface area contributed by atoms with E-state index >= 15 is 0 Å². The second kappa shape index (κ2) is 11.3. The second-order valence-electron chi connectivity index (χ2n) is 7.23. The topological polar surface area (TPSA) is 106 Å². The molecule has 0 aliphatic carbocycles. The first-order chi connectivity index (χ1) is 17.0. The van der Waals surface area contributed by atoms with Gasteiger partial charge in [0.1, 0.15) is 42.7 Å². The molecular formula is C25H20ClFN4O4. The lowest BCUT2D eigenvalue weighted by molar-refractivity contribution is -0.124. The molecule has 4 aromatic rings. The van der Waals surface area contributed by atoms with E-state index in [0.29, 0.717) is 41.7 Å². The number of amides is 1. The van der Waals surface area contributed by atoms with Gasteiger partial charge >= 0.3 is 0 Å². The fourth-order valence-corrected chi connectivity index (χ4v) is 3.32. The van der Waals surface area contributed by atoms with E-state index in [-0.39, 0.29) is 5.02 Å². The van der Waals surface area contributed by atoms with Crippen molar-refractivity contribution < 1.29 is 23.9 Å². The predicted molar refractivity (Wildman–Crippen MR) is 131 cm³/mol. The van der Waals surface area contributed by atoms with E-state index in [0.717, 1.165) is 10.9 Å². The van der Waals surface area contributed by atoms with Crippen LogP contribution in [0.1, 0.15) is 5.56 Å². The average Bonchev–Trinajstić information content (AvgIpc) is 2.88. The van der Waals surface area contributed by atoms with E-state index in [4.69, 9.17) is 26.3 Å². The number of nitrogens with one attached hydrogen (secondary N) is 2. The molecule has 0 unspecified atom stereocenters. The first-order valence-corrected chi connectivity index (χ1v) is 10.8. The molecule has 10 heteroatoms. The Morgan fingerprint density at radius 1 is 1.00 bits per heavy atom. The van der Waals surface area contributed by atoms with Crippen LogP contribution in [-0.2, 0) is 4.79 Å². The van der Waals surface area contributed by atoms with Gasteiger partial charge in [0.05, 0.1) is 10.5 Å². The fourth-order valence-electron chi connectivity index (χ4n) is 3.14. The van der Waals surface area contributed by atoms with Crippen LogP contribution in [0.4, 0.5) is 15.9 Å². The molecule has 0 bridgehead atoms. The number of halogens is 2. The normalized spacial score (nSPS) is 10.9. The summed E-state index contributed by atoms with van der Waals surface area (Å²) in [5, 5.41) is 12.4. The molecular weight excluding hydrogens is 475 g/mol. The molecule has 1 aromatic heterocycles. The molecule has 0 radical (unpaired) electrons. The van der Waals surface area contributed by atoms with Gasteiger partial charge in [-0.25, -0.2) is 19.8 Å². The van der Waals surface area contributed by atoms with E-state index in [1.54, 1.807) is 42.5 Å². The van der Waals surface area contributed by atoms with Crippen molar-refractivity contribution in [3.8, 4) is 11.5 Å². The molecule has 0 aliphatic heterocycles. The molecule has 3 aromatic carbocycles. The number of hydroxylamine groups is 1. The van der Waals surface area contributed by atoms with E-state index in [2.05, 4.69) is 15.3 Å². The number of aromatic nitrogens is 2. The standard InChI is InChI=1S/C25H20ClFN4O4/c26-21-13-17(4-8-22(21)27)30-25-20-14-19(7-9-23(20)28-15-29-25)35-12-11-34-18-5-1-16(2-6-18)3-10-24(32)31-33/h1-10,13-15,33H,11-12H2,(H,31,32)(H,28,29,30)/b10-3+. The minimum atomic E-state index is -0.606. The highest BCUT2D eigenvalue weighted by Crippen LogP contribution is 2.28. The van der Waals surface area contributed by atoms with Crippen molar-refractivity contribution in [3.05, 3.63) is 89.5 Å². The van der Waals surface area contributed by atoms with Crippen molar-refractivity contribution in [2.24, 2.45) is 0 Å². The second-order valence-corrected chi connectivity index (χ2v) is 7.64. The molecule has 4 rings (SSSR count). The molecule has 1 heterocycles. The first-order valence-electron chi connectivity index (χ1n) is 10.5. The van der Waals surface area contributed by atoms with E-state index in [1.165, 1.54) is 30.0 Å². The van der Waals surface area contributed by atoms with Crippen LogP contribution in [0.3, 0.4) is 0 Å². The van der Waals surface area contributed by atoms with Crippen molar-refractivity contribution in [1.82, 2.24) is 15.4 Å². The third-order valence-electron chi connectivity index (χ3n) is 4.83. The lowest BCUT2D eigenvalue weighted by atomic mass is 10.2. The van der Waals surface area contributed by atoms with Crippen molar-refractivity contribution in [1.29, 1.82) is 0 Å². The smallest absolute Gasteiger partial charge is 0.267 e. The zero-order chi connectivity index (χ0) is 24.6. The number of nitrogens with zero attached hydrogens (tertiary/aromatic N) is 2. The van der Waals surface area contributed by atoms with Crippen molar-refractivity contribution in [2.45, 2.75) is 0 Å². The molecule has 0 saturated carbocycles. The van der Waals surface area contributed by atoms with Gasteiger partial charge in [-0.15, -0.1) is 0 Å². The Morgan fingerprint density at radius 2 is 1.74 bits per heavy atom. The number of fused-ring (bicyclic) bond motifs is 1. The molecule has 0 spiro atoms. The number of carbonyl (C=O) groups excluding carboxylic acids is 1. The SMILES string of the molecule is O=C(/C=C/c1ccc(OCCOc2ccc3ncnc(Nc4ccc(F)c(Cl)c4)c3c2)cc1)NO.